The van der Waals surface area contributed by atoms with Gasteiger partial charge in [0.15, 0.2) is 5.75 Å². The van der Waals surface area contributed by atoms with Crippen LogP contribution in [0.1, 0.15) is 71.6 Å². The SMILES string of the molecule is CCCCCCCCCCOc1cnn(CCC)c1. The number of ether oxygens (including phenoxy) is 1. The second-order valence-electron chi connectivity index (χ2n) is 5.26. The first kappa shape index (κ1) is 16.1. The fraction of sp³-hybridized carbons (Fsp3) is 0.812. The number of aryl methyl sites for hydroxylation is 1. The van der Waals surface area contributed by atoms with Crippen molar-refractivity contribution in [3.8, 4) is 5.75 Å². The van der Waals surface area contributed by atoms with Crippen molar-refractivity contribution >= 4 is 0 Å². The summed E-state index contributed by atoms with van der Waals surface area (Å²) >= 11 is 0. The smallest absolute Gasteiger partial charge is 0.157 e. The summed E-state index contributed by atoms with van der Waals surface area (Å²) in [5.41, 5.74) is 0. The quantitative estimate of drug-likeness (QED) is 0.507. The van der Waals surface area contributed by atoms with E-state index in [0.29, 0.717) is 0 Å². The molecule has 19 heavy (non-hydrogen) atoms. The van der Waals surface area contributed by atoms with Gasteiger partial charge in [-0.1, -0.05) is 58.8 Å². The molecule has 1 heterocycles. The topological polar surface area (TPSA) is 27.1 Å². The fourth-order valence-corrected chi connectivity index (χ4v) is 2.20. The average molecular weight is 266 g/mol. The predicted molar refractivity (Wildman–Crippen MR) is 80.6 cm³/mol. The zero-order valence-electron chi connectivity index (χ0n) is 12.7. The normalized spacial score (nSPS) is 10.8. The van der Waals surface area contributed by atoms with Crippen LogP contribution in [-0.2, 0) is 6.54 Å². The Hall–Kier alpha value is -0.990. The first-order chi connectivity index (χ1) is 9.36. The number of rotatable bonds is 12. The summed E-state index contributed by atoms with van der Waals surface area (Å²) < 4.78 is 7.64. The van der Waals surface area contributed by atoms with E-state index in [1.165, 1.54) is 44.9 Å². The molecule has 0 saturated carbocycles. The van der Waals surface area contributed by atoms with E-state index < -0.39 is 0 Å². The van der Waals surface area contributed by atoms with Crippen molar-refractivity contribution in [3.63, 3.8) is 0 Å². The van der Waals surface area contributed by atoms with Gasteiger partial charge in [-0.15, -0.1) is 0 Å². The van der Waals surface area contributed by atoms with Gasteiger partial charge in [0.05, 0.1) is 19.0 Å². The van der Waals surface area contributed by atoms with Crippen molar-refractivity contribution in [2.75, 3.05) is 6.61 Å². The molecule has 0 radical (unpaired) electrons. The van der Waals surface area contributed by atoms with Crippen LogP contribution in [0.3, 0.4) is 0 Å². The molecular formula is C16H30N2O. The molecule has 0 N–H and O–H groups in total. The van der Waals surface area contributed by atoms with Crippen molar-refractivity contribution in [2.24, 2.45) is 0 Å². The lowest BCUT2D eigenvalue weighted by Gasteiger charge is -2.03. The van der Waals surface area contributed by atoms with E-state index in [1.807, 2.05) is 17.1 Å². The number of hydrogen-bond donors (Lipinski definition) is 0. The molecule has 0 bridgehead atoms. The lowest BCUT2D eigenvalue weighted by atomic mass is 10.1. The van der Waals surface area contributed by atoms with Crippen molar-refractivity contribution in [2.45, 2.75) is 78.2 Å². The van der Waals surface area contributed by atoms with Crippen LogP contribution < -0.4 is 4.74 Å². The molecule has 0 spiro atoms. The summed E-state index contributed by atoms with van der Waals surface area (Å²) in [6, 6.07) is 0. The number of nitrogens with zero attached hydrogens (tertiary/aromatic N) is 2. The van der Waals surface area contributed by atoms with Gasteiger partial charge in [-0.3, -0.25) is 4.68 Å². The number of unbranched alkanes of at least 4 members (excludes halogenated alkanes) is 7. The Labute approximate surface area is 118 Å². The first-order valence-electron chi connectivity index (χ1n) is 8.02. The van der Waals surface area contributed by atoms with Gasteiger partial charge in [-0.2, -0.15) is 5.10 Å². The van der Waals surface area contributed by atoms with E-state index in [2.05, 4.69) is 18.9 Å². The molecule has 0 aliphatic heterocycles. The average Bonchev–Trinajstić information content (AvgIpc) is 2.85. The maximum atomic E-state index is 5.69. The summed E-state index contributed by atoms with van der Waals surface area (Å²) in [7, 11) is 0. The Morgan fingerprint density at radius 3 is 2.32 bits per heavy atom. The van der Waals surface area contributed by atoms with Gasteiger partial charge in [-0.25, -0.2) is 0 Å². The fourth-order valence-electron chi connectivity index (χ4n) is 2.20. The third kappa shape index (κ3) is 7.91. The largest absolute Gasteiger partial charge is 0.490 e. The van der Waals surface area contributed by atoms with Crippen molar-refractivity contribution in [3.05, 3.63) is 12.4 Å². The highest BCUT2D eigenvalue weighted by Crippen LogP contribution is 2.11. The van der Waals surface area contributed by atoms with Crippen molar-refractivity contribution < 1.29 is 4.74 Å². The van der Waals surface area contributed by atoms with E-state index in [1.54, 1.807) is 0 Å². The zero-order chi connectivity index (χ0) is 13.8. The van der Waals surface area contributed by atoms with Gasteiger partial charge in [0.25, 0.3) is 0 Å². The van der Waals surface area contributed by atoms with Crippen LogP contribution >= 0.6 is 0 Å². The van der Waals surface area contributed by atoms with Crippen molar-refractivity contribution in [1.82, 2.24) is 9.78 Å². The van der Waals surface area contributed by atoms with Gasteiger partial charge in [0.1, 0.15) is 0 Å². The third-order valence-corrected chi connectivity index (χ3v) is 3.33. The van der Waals surface area contributed by atoms with Crippen LogP contribution in [0.25, 0.3) is 0 Å². The van der Waals surface area contributed by atoms with Crippen LogP contribution in [0.4, 0.5) is 0 Å². The van der Waals surface area contributed by atoms with Crippen LogP contribution in [0.5, 0.6) is 5.75 Å². The summed E-state index contributed by atoms with van der Waals surface area (Å²) in [5, 5.41) is 4.25. The summed E-state index contributed by atoms with van der Waals surface area (Å²) in [5.74, 6) is 0.913. The van der Waals surface area contributed by atoms with Crippen LogP contribution in [0, 0.1) is 0 Å². The maximum Gasteiger partial charge on any atom is 0.157 e. The molecule has 0 amide bonds. The highest BCUT2D eigenvalue weighted by atomic mass is 16.5. The van der Waals surface area contributed by atoms with E-state index in [9.17, 15) is 0 Å². The minimum atomic E-state index is 0.826. The van der Waals surface area contributed by atoms with E-state index in [-0.39, 0.29) is 0 Å². The van der Waals surface area contributed by atoms with Gasteiger partial charge in [0.2, 0.25) is 0 Å². The first-order valence-corrected chi connectivity index (χ1v) is 8.02. The maximum absolute atomic E-state index is 5.69. The summed E-state index contributed by atoms with van der Waals surface area (Å²) in [6.07, 6.45) is 15.6. The summed E-state index contributed by atoms with van der Waals surface area (Å²) in [4.78, 5) is 0. The van der Waals surface area contributed by atoms with E-state index in [0.717, 1.165) is 31.7 Å². The van der Waals surface area contributed by atoms with E-state index in [4.69, 9.17) is 4.74 Å². The summed E-state index contributed by atoms with van der Waals surface area (Å²) in [6.45, 7) is 6.22. The molecule has 1 aromatic heterocycles. The predicted octanol–water partition coefficient (Wildman–Crippen LogP) is 4.81. The molecule has 1 aromatic rings. The molecule has 0 atom stereocenters. The molecule has 0 aliphatic carbocycles. The second kappa shape index (κ2) is 10.9. The highest BCUT2D eigenvalue weighted by Gasteiger charge is 1.98. The van der Waals surface area contributed by atoms with Gasteiger partial charge >= 0.3 is 0 Å². The van der Waals surface area contributed by atoms with Crippen molar-refractivity contribution in [1.29, 1.82) is 0 Å². The third-order valence-electron chi connectivity index (χ3n) is 3.33. The molecule has 110 valence electrons. The Morgan fingerprint density at radius 1 is 0.947 bits per heavy atom. The number of aromatic nitrogens is 2. The molecule has 0 fully saturated rings. The highest BCUT2D eigenvalue weighted by molar-refractivity contribution is 5.11. The van der Waals surface area contributed by atoms with Gasteiger partial charge < -0.3 is 4.74 Å². The van der Waals surface area contributed by atoms with Crippen LogP contribution in [0.15, 0.2) is 12.4 Å². The van der Waals surface area contributed by atoms with Gasteiger partial charge in [-0.05, 0) is 12.8 Å². The Balaban J connectivity index is 1.92. The molecule has 1 rings (SSSR count). The zero-order valence-corrected chi connectivity index (χ0v) is 12.7. The van der Waals surface area contributed by atoms with Crippen LogP contribution in [-0.4, -0.2) is 16.4 Å². The van der Waals surface area contributed by atoms with Crippen LogP contribution in [0.2, 0.25) is 0 Å². The number of hydrogen-bond acceptors (Lipinski definition) is 2. The lowest BCUT2D eigenvalue weighted by Crippen LogP contribution is -1.97. The standard InChI is InChI=1S/C16H30N2O/c1-3-5-6-7-8-9-10-11-13-19-16-14-17-18(15-16)12-4-2/h14-15H,3-13H2,1-2H3. The molecule has 0 aliphatic rings. The Bertz CT molecular complexity index is 309. The monoisotopic (exact) mass is 266 g/mol. The second-order valence-corrected chi connectivity index (χ2v) is 5.26. The molecular weight excluding hydrogens is 236 g/mol. The Kier molecular flexibility index (Phi) is 9.21. The minimum Gasteiger partial charge on any atom is -0.490 e. The molecule has 3 heteroatoms. The minimum absolute atomic E-state index is 0.826. The Morgan fingerprint density at radius 2 is 1.63 bits per heavy atom. The molecule has 0 saturated heterocycles. The van der Waals surface area contributed by atoms with Gasteiger partial charge in [0, 0.05) is 6.54 Å². The van der Waals surface area contributed by atoms with E-state index >= 15 is 0 Å². The molecule has 0 unspecified atom stereocenters. The molecule has 0 aromatic carbocycles. The molecule has 3 nitrogen and oxygen atoms in total. The lowest BCUT2D eigenvalue weighted by molar-refractivity contribution is 0.304.